The minimum atomic E-state index is -0.755. The summed E-state index contributed by atoms with van der Waals surface area (Å²) >= 11 is 0. The average Bonchev–Trinajstić information content (AvgIpc) is 2.59. The van der Waals surface area contributed by atoms with E-state index in [4.69, 9.17) is 0 Å². The topological polar surface area (TPSA) is 46.9 Å². The molecule has 0 aliphatic carbocycles. The molecular formula is C12H21N3OS. The number of nitrogens with one attached hydrogen (secondary N) is 1. The van der Waals surface area contributed by atoms with Crippen LogP contribution in [-0.4, -0.2) is 31.8 Å². The van der Waals surface area contributed by atoms with Crippen LogP contribution in [-0.2, 0) is 17.3 Å². The van der Waals surface area contributed by atoms with Crippen LogP contribution in [0.4, 0.5) is 5.95 Å². The molecule has 0 aliphatic rings. The van der Waals surface area contributed by atoms with Crippen LogP contribution in [0.1, 0.15) is 19.0 Å². The highest BCUT2D eigenvalue weighted by Crippen LogP contribution is 2.09. The quantitative estimate of drug-likeness (QED) is 0.758. The van der Waals surface area contributed by atoms with Crippen molar-refractivity contribution in [1.29, 1.82) is 0 Å². The molecule has 0 spiro atoms. The molecule has 2 atom stereocenters. The van der Waals surface area contributed by atoms with Gasteiger partial charge >= 0.3 is 0 Å². The number of aryl methyl sites for hydroxylation is 1. The molecule has 96 valence electrons. The zero-order valence-electron chi connectivity index (χ0n) is 10.8. The van der Waals surface area contributed by atoms with Crippen LogP contribution in [0.25, 0.3) is 0 Å². The largest absolute Gasteiger partial charge is 0.356 e. The molecule has 0 saturated heterocycles. The fraction of sp³-hybridized carbons (Fsp3) is 0.583. The van der Waals surface area contributed by atoms with Crippen molar-refractivity contribution < 1.29 is 4.21 Å². The Kier molecular flexibility index (Phi) is 5.41. The van der Waals surface area contributed by atoms with Gasteiger partial charge in [-0.05, 0) is 13.3 Å². The summed E-state index contributed by atoms with van der Waals surface area (Å²) in [6.07, 6.45) is 6.46. The number of imidazole rings is 1. The second-order valence-electron chi connectivity index (χ2n) is 4.17. The molecule has 1 aromatic heterocycles. The Morgan fingerprint density at radius 3 is 3.00 bits per heavy atom. The van der Waals surface area contributed by atoms with Crippen LogP contribution < -0.4 is 5.32 Å². The number of allylic oxidation sites excluding steroid dienone is 1. The van der Waals surface area contributed by atoms with Crippen molar-refractivity contribution in [2.75, 3.05) is 18.1 Å². The molecule has 1 heterocycles. The summed E-state index contributed by atoms with van der Waals surface area (Å²) in [5, 5.41) is 3.49. The third kappa shape index (κ3) is 4.34. The van der Waals surface area contributed by atoms with Gasteiger partial charge in [-0.3, -0.25) is 4.21 Å². The number of nitrogens with zero attached hydrogens (tertiary/aromatic N) is 2. The first-order valence-electron chi connectivity index (χ1n) is 5.75. The SMILES string of the molecule is C=CCn1cc(C)nc1NCCC(C)S(C)=O. The highest BCUT2D eigenvalue weighted by molar-refractivity contribution is 7.84. The van der Waals surface area contributed by atoms with Gasteiger partial charge in [-0.1, -0.05) is 13.0 Å². The predicted octanol–water partition coefficient (Wildman–Crippen LogP) is 1.95. The smallest absolute Gasteiger partial charge is 0.203 e. The molecule has 1 N–H and O–H groups in total. The van der Waals surface area contributed by atoms with Crippen LogP contribution in [0.15, 0.2) is 18.9 Å². The summed E-state index contributed by atoms with van der Waals surface area (Å²) in [7, 11) is -0.755. The molecule has 17 heavy (non-hydrogen) atoms. The Bertz CT molecular complexity index is 400. The number of hydrogen-bond donors (Lipinski definition) is 1. The van der Waals surface area contributed by atoms with Gasteiger partial charge in [0.2, 0.25) is 5.95 Å². The molecule has 0 saturated carbocycles. The van der Waals surface area contributed by atoms with Gasteiger partial charge in [0, 0.05) is 41.6 Å². The minimum Gasteiger partial charge on any atom is -0.356 e. The monoisotopic (exact) mass is 255 g/mol. The molecule has 0 fully saturated rings. The van der Waals surface area contributed by atoms with Gasteiger partial charge in [-0.25, -0.2) is 4.98 Å². The van der Waals surface area contributed by atoms with E-state index >= 15 is 0 Å². The maximum atomic E-state index is 11.2. The Morgan fingerprint density at radius 1 is 1.71 bits per heavy atom. The second-order valence-corrected chi connectivity index (χ2v) is 5.97. The molecule has 0 aliphatic heterocycles. The summed E-state index contributed by atoms with van der Waals surface area (Å²) in [6.45, 7) is 9.22. The molecule has 1 rings (SSSR count). The standard InChI is InChI=1S/C12H21N3OS/c1-5-8-15-9-10(2)14-12(15)13-7-6-11(3)17(4)16/h5,9,11H,1,6-8H2,2-4H3,(H,13,14). The average molecular weight is 255 g/mol. The molecule has 0 bridgehead atoms. The van der Waals surface area contributed by atoms with Crippen LogP contribution in [0.2, 0.25) is 0 Å². The van der Waals surface area contributed by atoms with Crippen LogP contribution in [0, 0.1) is 6.92 Å². The van der Waals surface area contributed by atoms with Crippen molar-refractivity contribution in [3.8, 4) is 0 Å². The van der Waals surface area contributed by atoms with Crippen molar-refractivity contribution in [3.05, 3.63) is 24.5 Å². The van der Waals surface area contributed by atoms with E-state index in [9.17, 15) is 4.21 Å². The first-order chi connectivity index (χ1) is 8.04. The zero-order chi connectivity index (χ0) is 12.8. The first kappa shape index (κ1) is 14.0. The number of hydrogen-bond acceptors (Lipinski definition) is 3. The van der Waals surface area contributed by atoms with Crippen molar-refractivity contribution in [3.63, 3.8) is 0 Å². The van der Waals surface area contributed by atoms with E-state index in [1.54, 1.807) is 6.26 Å². The minimum absolute atomic E-state index is 0.214. The van der Waals surface area contributed by atoms with E-state index in [0.29, 0.717) is 0 Å². The number of anilines is 1. The fourth-order valence-corrected chi connectivity index (χ4v) is 1.97. The van der Waals surface area contributed by atoms with Crippen molar-refractivity contribution in [2.24, 2.45) is 0 Å². The number of rotatable bonds is 7. The molecule has 0 radical (unpaired) electrons. The number of aromatic nitrogens is 2. The van der Waals surface area contributed by atoms with Gasteiger partial charge in [0.05, 0.1) is 5.69 Å². The fourth-order valence-electron chi connectivity index (χ4n) is 1.52. The van der Waals surface area contributed by atoms with Gasteiger partial charge in [-0.15, -0.1) is 6.58 Å². The Labute approximate surface area is 106 Å². The van der Waals surface area contributed by atoms with Crippen molar-refractivity contribution in [1.82, 2.24) is 9.55 Å². The molecule has 2 unspecified atom stereocenters. The lowest BCUT2D eigenvalue weighted by Gasteiger charge is -2.10. The summed E-state index contributed by atoms with van der Waals surface area (Å²) < 4.78 is 13.2. The van der Waals surface area contributed by atoms with E-state index in [0.717, 1.165) is 31.2 Å². The van der Waals surface area contributed by atoms with E-state index in [1.807, 2.05) is 30.7 Å². The molecule has 5 heteroatoms. The van der Waals surface area contributed by atoms with Crippen molar-refractivity contribution >= 4 is 16.7 Å². The Balaban J connectivity index is 2.51. The summed E-state index contributed by atoms with van der Waals surface area (Å²) in [5.41, 5.74) is 0.987. The van der Waals surface area contributed by atoms with Gasteiger partial charge < -0.3 is 9.88 Å². The van der Waals surface area contributed by atoms with Crippen molar-refractivity contribution in [2.45, 2.75) is 32.1 Å². The van der Waals surface area contributed by atoms with Gasteiger partial charge in [0.15, 0.2) is 0 Å². The lowest BCUT2D eigenvalue weighted by atomic mass is 10.3. The van der Waals surface area contributed by atoms with Crippen LogP contribution in [0.3, 0.4) is 0 Å². The maximum Gasteiger partial charge on any atom is 0.203 e. The summed E-state index contributed by atoms with van der Waals surface area (Å²) in [5.74, 6) is 0.858. The molecule has 1 aromatic rings. The summed E-state index contributed by atoms with van der Waals surface area (Å²) in [6, 6.07) is 0. The summed E-state index contributed by atoms with van der Waals surface area (Å²) in [4.78, 5) is 4.40. The lowest BCUT2D eigenvalue weighted by Crippen LogP contribution is -2.16. The maximum absolute atomic E-state index is 11.2. The highest BCUT2D eigenvalue weighted by Gasteiger charge is 2.07. The van der Waals surface area contributed by atoms with Crippen LogP contribution in [0.5, 0.6) is 0 Å². The predicted molar refractivity (Wildman–Crippen MR) is 73.8 cm³/mol. The first-order valence-corrected chi connectivity index (χ1v) is 7.37. The van der Waals surface area contributed by atoms with E-state index in [1.165, 1.54) is 0 Å². The molecular weight excluding hydrogens is 234 g/mol. The van der Waals surface area contributed by atoms with E-state index in [2.05, 4.69) is 16.9 Å². The highest BCUT2D eigenvalue weighted by atomic mass is 32.2. The third-order valence-corrected chi connectivity index (χ3v) is 3.99. The Morgan fingerprint density at radius 2 is 2.41 bits per heavy atom. The molecule has 0 amide bonds. The zero-order valence-corrected chi connectivity index (χ0v) is 11.6. The van der Waals surface area contributed by atoms with Crippen LogP contribution >= 0.6 is 0 Å². The van der Waals surface area contributed by atoms with E-state index in [-0.39, 0.29) is 5.25 Å². The van der Waals surface area contributed by atoms with Gasteiger partial charge in [0.25, 0.3) is 0 Å². The second kappa shape index (κ2) is 6.59. The molecule has 4 nitrogen and oxygen atoms in total. The lowest BCUT2D eigenvalue weighted by molar-refractivity contribution is 0.671. The molecule has 0 aromatic carbocycles. The Hall–Kier alpha value is -1.10. The van der Waals surface area contributed by atoms with Gasteiger partial charge in [-0.2, -0.15) is 0 Å². The normalized spacial score (nSPS) is 14.3. The van der Waals surface area contributed by atoms with E-state index < -0.39 is 10.8 Å². The van der Waals surface area contributed by atoms with Gasteiger partial charge in [0.1, 0.15) is 0 Å². The third-order valence-electron chi connectivity index (χ3n) is 2.62.